The molecule has 0 radical (unpaired) electrons. The summed E-state index contributed by atoms with van der Waals surface area (Å²) in [7, 11) is -4.22. The summed E-state index contributed by atoms with van der Waals surface area (Å²) in [4.78, 5) is 23.0. The Bertz CT molecular complexity index is 819. The van der Waals surface area contributed by atoms with Crippen LogP contribution in [0.1, 0.15) is 47.0 Å². The van der Waals surface area contributed by atoms with Gasteiger partial charge in [-0.1, -0.05) is 13.3 Å². The molecular formula is C20H32N2O8S. The van der Waals surface area contributed by atoms with Crippen LogP contribution in [0.5, 0.6) is 5.75 Å². The number of aliphatic carboxylic acids is 1. The van der Waals surface area contributed by atoms with E-state index in [1.165, 1.54) is 24.3 Å². The Kier molecular flexibility index (Phi) is 10.2. The maximum atomic E-state index is 12.5. The standard InChI is InChI=1S/C20H32N2O8S/c1-5-6-13-29-14-7-9-15(10-8-14)31(27,28)22-17(18(24)25)16(23)11-12-21-19(26)30-20(2,3)4/h7-10,16-17,22-23H,5-6,11-13H2,1-4H3,(H,21,26)(H,24,25)/t16-,17-/m1/s1. The van der Waals surface area contributed by atoms with Crippen LogP contribution in [0.15, 0.2) is 29.2 Å². The highest BCUT2D eigenvalue weighted by Crippen LogP contribution is 2.17. The second kappa shape index (κ2) is 11.9. The van der Waals surface area contributed by atoms with Gasteiger partial charge in [-0.2, -0.15) is 4.72 Å². The molecule has 2 atom stereocenters. The summed E-state index contributed by atoms with van der Waals surface area (Å²) < 4.78 is 37.6. The van der Waals surface area contributed by atoms with Crippen LogP contribution in [-0.4, -0.2) is 61.6 Å². The van der Waals surface area contributed by atoms with Crippen molar-refractivity contribution < 1.29 is 37.7 Å². The molecule has 176 valence electrons. The van der Waals surface area contributed by atoms with E-state index in [1.807, 2.05) is 11.6 Å². The fourth-order valence-electron chi connectivity index (χ4n) is 2.38. The third-order valence-corrected chi connectivity index (χ3v) is 5.40. The molecule has 0 fully saturated rings. The Balaban J connectivity index is 2.71. The van der Waals surface area contributed by atoms with Crippen LogP contribution >= 0.6 is 0 Å². The normalized spacial score (nSPS) is 13.8. The van der Waals surface area contributed by atoms with E-state index in [4.69, 9.17) is 9.47 Å². The molecule has 1 amide bonds. The van der Waals surface area contributed by atoms with Crippen molar-refractivity contribution in [3.05, 3.63) is 24.3 Å². The molecule has 0 saturated carbocycles. The number of rotatable bonds is 12. The van der Waals surface area contributed by atoms with Gasteiger partial charge in [-0.25, -0.2) is 13.2 Å². The average Bonchev–Trinajstić information content (AvgIpc) is 2.65. The third kappa shape index (κ3) is 9.99. The summed E-state index contributed by atoms with van der Waals surface area (Å²) in [6.45, 7) is 7.46. The van der Waals surface area contributed by atoms with Gasteiger partial charge in [0, 0.05) is 6.54 Å². The number of aliphatic hydroxyl groups is 1. The lowest BCUT2D eigenvalue weighted by Gasteiger charge is -2.22. The number of aliphatic hydroxyl groups excluding tert-OH is 1. The number of nitrogens with one attached hydrogen (secondary N) is 2. The second-order valence-electron chi connectivity index (χ2n) is 7.90. The number of hydrogen-bond acceptors (Lipinski definition) is 7. The van der Waals surface area contributed by atoms with Crippen molar-refractivity contribution in [1.29, 1.82) is 0 Å². The molecule has 0 bridgehead atoms. The minimum Gasteiger partial charge on any atom is -0.494 e. The van der Waals surface area contributed by atoms with Gasteiger partial charge in [-0.05, 0) is 57.9 Å². The molecule has 4 N–H and O–H groups in total. The predicted octanol–water partition coefficient (Wildman–Crippen LogP) is 1.87. The van der Waals surface area contributed by atoms with E-state index in [2.05, 4.69) is 5.32 Å². The van der Waals surface area contributed by atoms with Crippen LogP contribution in [0.4, 0.5) is 4.79 Å². The zero-order chi connectivity index (χ0) is 23.7. The van der Waals surface area contributed by atoms with E-state index in [9.17, 15) is 28.2 Å². The van der Waals surface area contributed by atoms with Crippen molar-refractivity contribution in [2.75, 3.05) is 13.2 Å². The van der Waals surface area contributed by atoms with Crippen molar-refractivity contribution in [2.45, 2.75) is 69.6 Å². The molecule has 0 spiro atoms. The van der Waals surface area contributed by atoms with Crippen LogP contribution < -0.4 is 14.8 Å². The Morgan fingerprint density at radius 3 is 2.29 bits per heavy atom. The number of benzene rings is 1. The van der Waals surface area contributed by atoms with E-state index in [0.717, 1.165) is 12.8 Å². The van der Waals surface area contributed by atoms with E-state index in [0.29, 0.717) is 12.4 Å². The predicted molar refractivity (Wildman–Crippen MR) is 113 cm³/mol. The first-order chi connectivity index (χ1) is 14.4. The molecule has 10 nitrogen and oxygen atoms in total. The van der Waals surface area contributed by atoms with Crippen molar-refractivity contribution in [2.24, 2.45) is 0 Å². The van der Waals surface area contributed by atoms with Crippen LogP contribution in [0.25, 0.3) is 0 Å². The number of alkyl carbamates (subject to hydrolysis) is 1. The third-order valence-electron chi connectivity index (χ3n) is 3.94. The van der Waals surface area contributed by atoms with Gasteiger partial charge in [0.05, 0.1) is 17.6 Å². The smallest absolute Gasteiger partial charge is 0.407 e. The zero-order valence-electron chi connectivity index (χ0n) is 18.3. The first-order valence-corrected chi connectivity index (χ1v) is 11.5. The Morgan fingerprint density at radius 2 is 1.77 bits per heavy atom. The van der Waals surface area contributed by atoms with Crippen LogP contribution in [0.3, 0.4) is 0 Å². The van der Waals surface area contributed by atoms with E-state index < -0.39 is 39.8 Å². The lowest BCUT2D eigenvalue weighted by Crippen LogP contribution is -2.49. The molecule has 11 heteroatoms. The van der Waals surface area contributed by atoms with Gasteiger partial charge in [-0.3, -0.25) is 4.79 Å². The number of hydrogen-bond donors (Lipinski definition) is 4. The fraction of sp³-hybridized carbons (Fsp3) is 0.600. The topological polar surface area (TPSA) is 151 Å². The van der Waals surface area contributed by atoms with Gasteiger partial charge in [0.2, 0.25) is 10.0 Å². The number of sulfonamides is 1. The number of carboxylic acids is 1. The van der Waals surface area contributed by atoms with Crippen LogP contribution in [0.2, 0.25) is 0 Å². The number of amides is 1. The summed E-state index contributed by atoms with van der Waals surface area (Å²) in [5.41, 5.74) is -0.710. The lowest BCUT2D eigenvalue weighted by atomic mass is 10.1. The molecule has 1 aromatic rings. The molecule has 0 heterocycles. The Morgan fingerprint density at radius 1 is 1.16 bits per heavy atom. The molecular weight excluding hydrogens is 428 g/mol. The Hall–Kier alpha value is -2.37. The second-order valence-corrected chi connectivity index (χ2v) is 9.61. The minimum absolute atomic E-state index is 0.106. The minimum atomic E-state index is -4.22. The molecule has 0 unspecified atom stereocenters. The lowest BCUT2D eigenvalue weighted by molar-refractivity contribution is -0.141. The first kappa shape index (κ1) is 26.7. The molecule has 1 rings (SSSR count). The van der Waals surface area contributed by atoms with E-state index in [1.54, 1.807) is 20.8 Å². The van der Waals surface area contributed by atoms with Crippen LogP contribution in [-0.2, 0) is 19.6 Å². The molecule has 0 aromatic heterocycles. The fourth-order valence-corrected chi connectivity index (χ4v) is 3.60. The van der Waals surface area contributed by atoms with Gasteiger partial charge in [0.25, 0.3) is 0 Å². The molecule has 0 aliphatic heterocycles. The van der Waals surface area contributed by atoms with Crippen molar-refractivity contribution in [3.8, 4) is 5.75 Å². The van der Waals surface area contributed by atoms with Crippen molar-refractivity contribution in [3.63, 3.8) is 0 Å². The summed E-state index contributed by atoms with van der Waals surface area (Å²) in [6.07, 6.45) is -0.694. The zero-order valence-corrected chi connectivity index (χ0v) is 19.1. The molecule has 0 saturated heterocycles. The van der Waals surface area contributed by atoms with Crippen molar-refractivity contribution in [1.82, 2.24) is 10.0 Å². The van der Waals surface area contributed by atoms with E-state index in [-0.39, 0.29) is 17.9 Å². The molecule has 31 heavy (non-hydrogen) atoms. The number of carbonyl (C=O) groups excluding carboxylic acids is 1. The monoisotopic (exact) mass is 460 g/mol. The highest BCUT2D eigenvalue weighted by atomic mass is 32.2. The van der Waals surface area contributed by atoms with E-state index >= 15 is 0 Å². The quantitative estimate of drug-likeness (QED) is 0.345. The summed E-state index contributed by atoms with van der Waals surface area (Å²) >= 11 is 0. The maximum absolute atomic E-state index is 12.5. The highest BCUT2D eigenvalue weighted by molar-refractivity contribution is 7.89. The van der Waals surface area contributed by atoms with Gasteiger partial charge in [0.15, 0.2) is 0 Å². The molecule has 0 aliphatic rings. The number of carbonyl (C=O) groups is 2. The van der Waals surface area contributed by atoms with Gasteiger partial charge in [-0.15, -0.1) is 0 Å². The Labute approximate surface area is 183 Å². The molecule has 1 aromatic carbocycles. The summed E-state index contributed by atoms with van der Waals surface area (Å²) in [5, 5.41) is 21.9. The van der Waals surface area contributed by atoms with Gasteiger partial charge < -0.3 is 25.0 Å². The number of carboxylic acid groups (broad SMARTS) is 1. The van der Waals surface area contributed by atoms with Crippen molar-refractivity contribution >= 4 is 22.1 Å². The SMILES string of the molecule is CCCCOc1ccc(S(=O)(=O)N[C@@H](C(=O)O)[C@H](O)CCNC(=O)OC(C)(C)C)cc1. The summed E-state index contributed by atoms with van der Waals surface area (Å²) in [5.74, 6) is -1.05. The molecule has 0 aliphatic carbocycles. The maximum Gasteiger partial charge on any atom is 0.407 e. The summed E-state index contributed by atoms with van der Waals surface area (Å²) in [6, 6.07) is 3.73. The van der Waals surface area contributed by atoms with Crippen LogP contribution in [0, 0.1) is 0 Å². The highest BCUT2D eigenvalue weighted by Gasteiger charge is 2.31. The van der Waals surface area contributed by atoms with Gasteiger partial charge >= 0.3 is 12.1 Å². The number of unbranched alkanes of at least 4 members (excludes halogenated alkanes) is 1. The number of ether oxygens (including phenoxy) is 2. The average molecular weight is 461 g/mol. The van der Waals surface area contributed by atoms with Gasteiger partial charge in [0.1, 0.15) is 17.4 Å². The largest absolute Gasteiger partial charge is 0.494 e. The first-order valence-electron chi connectivity index (χ1n) is 9.98.